The number of rotatable bonds is 4. The maximum Gasteiger partial charge on any atom is 0.307 e. The van der Waals surface area contributed by atoms with Crippen LogP contribution in [0.25, 0.3) is 0 Å². The SMILES string of the molecule is Cc1nc(Cc2nc(C)c(CC(=O)O)c(C)n2)cs1. The topological polar surface area (TPSA) is 76.0 Å². The summed E-state index contributed by atoms with van der Waals surface area (Å²) in [5, 5.41) is 11.9. The number of carbonyl (C=O) groups is 1. The quantitative estimate of drug-likeness (QED) is 0.926. The third-order valence-corrected chi connectivity index (χ3v) is 3.62. The average molecular weight is 277 g/mol. The Bertz CT molecular complexity index is 599. The van der Waals surface area contributed by atoms with Crippen LogP contribution in [0.4, 0.5) is 0 Å². The second-order valence-electron chi connectivity index (χ2n) is 4.39. The van der Waals surface area contributed by atoms with Crippen molar-refractivity contribution < 1.29 is 9.90 Å². The van der Waals surface area contributed by atoms with Gasteiger partial charge in [0.15, 0.2) is 0 Å². The molecular formula is C13H15N3O2S. The molecule has 0 aromatic carbocycles. The number of aliphatic carboxylic acids is 1. The maximum absolute atomic E-state index is 10.8. The van der Waals surface area contributed by atoms with E-state index in [2.05, 4.69) is 15.0 Å². The largest absolute Gasteiger partial charge is 0.481 e. The molecular weight excluding hydrogens is 262 g/mol. The molecule has 1 N–H and O–H groups in total. The van der Waals surface area contributed by atoms with Crippen molar-refractivity contribution >= 4 is 17.3 Å². The van der Waals surface area contributed by atoms with Crippen LogP contribution in [0.1, 0.15) is 33.5 Å². The summed E-state index contributed by atoms with van der Waals surface area (Å²) in [6, 6.07) is 0. The lowest BCUT2D eigenvalue weighted by Gasteiger charge is -2.08. The van der Waals surface area contributed by atoms with Crippen LogP contribution in [0.3, 0.4) is 0 Å². The van der Waals surface area contributed by atoms with Gasteiger partial charge in [0, 0.05) is 22.3 Å². The van der Waals surface area contributed by atoms with E-state index in [1.807, 2.05) is 26.2 Å². The van der Waals surface area contributed by atoms with Crippen LogP contribution in [-0.2, 0) is 17.6 Å². The molecule has 0 radical (unpaired) electrons. The van der Waals surface area contributed by atoms with Crippen molar-refractivity contribution in [2.24, 2.45) is 0 Å². The Hall–Kier alpha value is -1.82. The van der Waals surface area contributed by atoms with Gasteiger partial charge in [-0.15, -0.1) is 11.3 Å². The van der Waals surface area contributed by atoms with E-state index in [1.54, 1.807) is 11.3 Å². The smallest absolute Gasteiger partial charge is 0.307 e. The molecule has 0 saturated heterocycles. The number of thiazole rings is 1. The summed E-state index contributed by atoms with van der Waals surface area (Å²) in [5.41, 5.74) is 3.12. The first kappa shape index (κ1) is 13.6. The monoisotopic (exact) mass is 277 g/mol. The van der Waals surface area contributed by atoms with Crippen molar-refractivity contribution in [3.63, 3.8) is 0 Å². The molecule has 0 amide bonds. The minimum absolute atomic E-state index is 0.0340. The van der Waals surface area contributed by atoms with Crippen molar-refractivity contribution in [3.8, 4) is 0 Å². The van der Waals surface area contributed by atoms with Gasteiger partial charge in [0.1, 0.15) is 5.82 Å². The van der Waals surface area contributed by atoms with Crippen LogP contribution in [0.5, 0.6) is 0 Å². The molecule has 100 valence electrons. The molecule has 6 heteroatoms. The highest BCUT2D eigenvalue weighted by atomic mass is 32.1. The van der Waals surface area contributed by atoms with E-state index in [0.717, 1.165) is 22.1 Å². The summed E-state index contributed by atoms with van der Waals surface area (Å²) in [6.45, 7) is 5.60. The number of carboxylic acids is 1. The fraction of sp³-hybridized carbons (Fsp3) is 0.385. The second-order valence-corrected chi connectivity index (χ2v) is 5.46. The van der Waals surface area contributed by atoms with E-state index in [4.69, 9.17) is 5.11 Å². The van der Waals surface area contributed by atoms with Gasteiger partial charge in [-0.05, 0) is 20.8 Å². The van der Waals surface area contributed by atoms with Gasteiger partial charge < -0.3 is 5.11 Å². The maximum atomic E-state index is 10.8. The van der Waals surface area contributed by atoms with E-state index in [-0.39, 0.29) is 6.42 Å². The van der Waals surface area contributed by atoms with Crippen molar-refractivity contribution in [3.05, 3.63) is 38.9 Å². The summed E-state index contributed by atoms with van der Waals surface area (Å²) in [6.07, 6.45) is 0.549. The minimum atomic E-state index is -0.863. The summed E-state index contributed by atoms with van der Waals surface area (Å²) in [7, 11) is 0. The Balaban J connectivity index is 2.26. The number of hydrogen-bond acceptors (Lipinski definition) is 5. The van der Waals surface area contributed by atoms with Crippen molar-refractivity contribution in [1.29, 1.82) is 0 Å². The number of aromatic nitrogens is 3. The van der Waals surface area contributed by atoms with E-state index >= 15 is 0 Å². The minimum Gasteiger partial charge on any atom is -0.481 e. The highest BCUT2D eigenvalue weighted by Gasteiger charge is 2.12. The normalized spacial score (nSPS) is 10.7. The first-order valence-electron chi connectivity index (χ1n) is 5.91. The Kier molecular flexibility index (Phi) is 3.90. The van der Waals surface area contributed by atoms with E-state index in [1.165, 1.54) is 0 Å². The molecule has 5 nitrogen and oxygen atoms in total. The average Bonchev–Trinajstić information content (AvgIpc) is 2.69. The zero-order valence-corrected chi connectivity index (χ0v) is 11.9. The van der Waals surface area contributed by atoms with Gasteiger partial charge in [0.2, 0.25) is 0 Å². The molecule has 2 aromatic heterocycles. The molecule has 0 aliphatic rings. The second kappa shape index (κ2) is 5.44. The summed E-state index contributed by atoms with van der Waals surface area (Å²) in [4.78, 5) is 23.9. The fourth-order valence-electron chi connectivity index (χ4n) is 1.95. The summed E-state index contributed by atoms with van der Waals surface area (Å²) in [5.74, 6) is -0.174. The lowest BCUT2D eigenvalue weighted by molar-refractivity contribution is -0.136. The third kappa shape index (κ3) is 3.35. The van der Waals surface area contributed by atoms with Crippen molar-refractivity contribution in [2.75, 3.05) is 0 Å². The van der Waals surface area contributed by atoms with Crippen LogP contribution in [0.2, 0.25) is 0 Å². The number of aryl methyl sites for hydroxylation is 3. The predicted octanol–water partition coefficient (Wildman–Crippen LogP) is 2.08. The van der Waals surface area contributed by atoms with E-state index in [0.29, 0.717) is 17.8 Å². The van der Waals surface area contributed by atoms with Gasteiger partial charge in [-0.2, -0.15) is 0 Å². The molecule has 0 fully saturated rings. The molecule has 0 unspecified atom stereocenters. The van der Waals surface area contributed by atoms with Crippen LogP contribution in [-0.4, -0.2) is 26.0 Å². The Morgan fingerprint density at radius 1 is 1.21 bits per heavy atom. The number of nitrogens with zero attached hydrogens (tertiary/aromatic N) is 3. The zero-order valence-electron chi connectivity index (χ0n) is 11.1. The van der Waals surface area contributed by atoms with Crippen LogP contribution in [0, 0.1) is 20.8 Å². The van der Waals surface area contributed by atoms with Gasteiger partial charge in [0.25, 0.3) is 0 Å². The Morgan fingerprint density at radius 3 is 2.32 bits per heavy atom. The highest BCUT2D eigenvalue weighted by molar-refractivity contribution is 7.09. The molecule has 2 rings (SSSR count). The Morgan fingerprint density at radius 2 is 1.84 bits per heavy atom. The van der Waals surface area contributed by atoms with Crippen LogP contribution < -0.4 is 0 Å². The molecule has 0 saturated carbocycles. The predicted molar refractivity (Wildman–Crippen MR) is 72.5 cm³/mol. The van der Waals surface area contributed by atoms with Gasteiger partial charge in [0.05, 0.1) is 23.5 Å². The molecule has 0 bridgehead atoms. The summed E-state index contributed by atoms with van der Waals surface area (Å²) >= 11 is 1.60. The first-order valence-corrected chi connectivity index (χ1v) is 6.79. The Labute approximate surface area is 115 Å². The lowest BCUT2D eigenvalue weighted by atomic mass is 10.1. The van der Waals surface area contributed by atoms with E-state index < -0.39 is 5.97 Å². The zero-order chi connectivity index (χ0) is 14.0. The standard InChI is InChI=1S/C13H15N3O2S/c1-7-11(5-13(17)18)8(2)15-12(14-7)4-10-6-19-9(3)16-10/h6H,4-5H2,1-3H3,(H,17,18). The highest BCUT2D eigenvalue weighted by Crippen LogP contribution is 2.15. The first-order chi connectivity index (χ1) is 8.95. The molecule has 0 aliphatic carbocycles. The molecule has 0 atom stereocenters. The molecule has 19 heavy (non-hydrogen) atoms. The molecule has 0 aliphatic heterocycles. The fourth-order valence-corrected chi connectivity index (χ4v) is 2.56. The van der Waals surface area contributed by atoms with Gasteiger partial charge >= 0.3 is 5.97 Å². The third-order valence-electron chi connectivity index (χ3n) is 2.80. The van der Waals surface area contributed by atoms with Crippen LogP contribution in [0.15, 0.2) is 5.38 Å². The molecule has 2 aromatic rings. The van der Waals surface area contributed by atoms with Gasteiger partial charge in [-0.25, -0.2) is 15.0 Å². The molecule has 2 heterocycles. The van der Waals surface area contributed by atoms with Crippen molar-refractivity contribution in [1.82, 2.24) is 15.0 Å². The number of hydrogen-bond donors (Lipinski definition) is 1. The van der Waals surface area contributed by atoms with E-state index in [9.17, 15) is 4.79 Å². The van der Waals surface area contributed by atoms with Gasteiger partial charge in [-0.1, -0.05) is 0 Å². The summed E-state index contributed by atoms with van der Waals surface area (Å²) < 4.78 is 0. The van der Waals surface area contributed by atoms with Crippen molar-refractivity contribution in [2.45, 2.75) is 33.6 Å². The molecule has 0 spiro atoms. The number of carboxylic acid groups (broad SMARTS) is 1. The van der Waals surface area contributed by atoms with Crippen LogP contribution >= 0.6 is 11.3 Å². The lowest BCUT2D eigenvalue weighted by Crippen LogP contribution is -2.10. The van der Waals surface area contributed by atoms with Gasteiger partial charge in [-0.3, -0.25) is 4.79 Å².